The Morgan fingerprint density at radius 1 is 1.03 bits per heavy atom. The summed E-state index contributed by atoms with van der Waals surface area (Å²) in [6.07, 6.45) is -8.57. The van der Waals surface area contributed by atoms with Crippen molar-refractivity contribution in [3.8, 4) is 11.8 Å². The average Bonchev–Trinajstić information content (AvgIpc) is 3.05. The van der Waals surface area contributed by atoms with E-state index in [2.05, 4.69) is 22.1 Å². The summed E-state index contributed by atoms with van der Waals surface area (Å²) in [6, 6.07) is 0.312. The Hall–Kier alpha value is -3.66. The summed E-state index contributed by atoms with van der Waals surface area (Å²) < 4.78 is 98.4. The first kappa shape index (κ1) is 26.0. The number of benzene rings is 1. The molecule has 0 saturated carbocycles. The van der Waals surface area contributed by atoms with Gasteiger partial charge in [-0.3, -0.25) is 14.6 Å². The van der Waals surface area contributed by atoms with Crippen molar-refractivity contribution in [3.05, 3.63) is 64.7 Å². The van der Waals surface area contributed by atoms with Gasteiger partial charge in [0.2, 0.25) is 5.91 Å². The Morgan fingerprint density at radius 2 is 1.71 bits per heavy atom. The van der Waals surface area contributed by atoms with Crippen molar-refractivity contribution >= 4 is 11.8 Å². The summed E-state index contributed by atoms with van der Waals surface area (Å²) in [5, 5.41) is 2.63. The molecule has 2 fully saturated rings. The molecule has 6 nitrogen and oxygen atoms in total. The zero-order valence-electron chi connectivity index (χ0n) is 19.2. The summed E-state index contributed by atoms with van der Waals surface area (Å²) in [5.74, 6) is 1.85. The highest BCUT2D eigenvalue weighted by Crippen LogP contribution is 2.38. The van der Waals surface area contributed by atoms with E-state index in [4.69, 9.17) is 4.74 Å². The number of alkyl halides is 6. The third-order valence-corrected chi connectivity index (χ3v) is 6.85. The summed E-state index contributed by atoms with van der Waals surface area (Å²) in [7, 11) is 0. The van der Waals surface area contributed by atoms with Gasteiger partial charge in [-0.05, 0) is 30.7 Å². The number of fused-ring (bicyclic) bond motifs is 1. The van der Waals surface area contributed by atoms with E-state index in [1.807, 2.05) is 0 Å². The second-order valence-electron chi connectivity index (χ2n) is 9.25. The molecule has 2 aromatic rings. The van der Waals surface area contributed by atoms with E-state index >= 15 is 0 Å². The topological polar surface area (TPSA) is 71.5 Å². The standard InChI is InChI=1S/C25H18F7N3O3/c26-17-8-14(24(27,28)29)2-3-16(17)21(13-10-38-11-13)34-22(36)20-7-12-1-4-19(12)35(20)23(37)18-9-15(5-6-33-18)25(30,31)32/h2-3,5-6,8-9,12-13,19-21H,7,10-11H2,(H,34,36)/t12-,19-,20-,21-/m1/s1. The van der Waals surface area contributed by atoms with Gasteiger partial charge in [-0.25, -0.2) is 4.39 Å². The molecular weight excluding hydrogens is 523 g/mol. The molecule has 200 valence electrons. The summed E-state index contributed by atoms with van der Waals surface area (Å²) >= 11 is 0. The van der Waals surface area contributed by atoms with Crippen LogP contribution in [0.2, 0.25) is 0 Å². The van der Waals surface area contributed by atoms with Gasteiger partial charge in [0.1, 0.15) is 23.6 Å². The molecule has 13 heteroatoms. The molecule has 5 rings (SSSR count). The van der Waals surface area contributed by atoms with Crippen LogP contribution in [-0.4, -0.2) is 47.0 Å². The second-order valence-corrected chi connectivity index (χ2v) is 9.25. The van der Waals surface area contributed by atoms with Crippen LogP contribution in [0, 0.1) is 29.5 Å². The number of nitrogens with one attached hydrogen (secondary N) is 1. The first-order valence-electron chi connectivity index (χ1n) is 11.5. The molecule has 2 amide bonds. The van der Waals surface area contributed by atoms with Gasteiger partial charge in [0.25, 0.3) is 5.91 Å². The van der Waals surface area contributed by atoms with Crippen LogP contribution in [0.1, 0.15) is 39.6 Å². The van der Waals surface area contributed by atoms with E-state index < -0.39 is 76.8 Å². The molecule has 3 aliphatic rings. The molecule has 3 heterocycles. The number of pyridine rings is 1. The summed E-state index contributed by atoms with van der Waals surface area (Å²) in [4.78, 5) is 31.4. The van der Waals surface area contributed by atoms with Gasteiger partial charge in [-0.2, -0.15) is 26.3 Å². The maximum Gasteiger partial charge on any atom is 0.416 e. The molecule has 38 heavy (non-hydrogen) atoms. The Kier molecular flexibility index (Phi) is 6.33. The van der Waals surface area contributed by atoms with Gasteiger partial charge in [0, 0.05) is 17.7 Å². The van der Waals surface area contributed by atoms with Gasteiger partial charge >= 0.3 is 12.4 Å². The lowest BCUT2D eigenvalue weighted by Crippen LogP contribution is -2.52. The molecule has 2 aliphatic heterocycles. The molecule has 2 saturated heterocycles. The fraction of sp³-hybridized carbons (Fsp3) is 0.400. The number of likely N-dealkylation sites (tertiary alicyclic amines) is 1. The minimum Gasteiger partial charge on any atom is -0.381 e. The zero-order chi connectivity index (χ0) is 27.4. The lowest BCUT2D eigenvalue weighted by Gasteiger charge is -2.36. The average molecular weight is 541 g/mol. The third kappa shape index (κ3) is 4.69. The molecule has 0 spiro atoms. The zero-order valence-corrected chi connectivity index (χ0v) is 19.2. The molecule has 0 bridgehead atoms. The Bertz CT molecular complexity index is 1340. The van der Waals surface area contributed by atoms with Crippen LogP contribution in [0.5, 0.6) is 0 Å². The third-order valence-electron chi connectivity index (χ3n) is 6.85. The van der Waals surface area contributed by atoms with E-state index in [0.29, 0.717) is 24.3 Å². The first-order chi connectivity index (χ1) is 17.8. The van der Waals surface area contributed by atoms with E-state index in [-0.39, 0.29) is 25.2 Å². The van der Waals surface area contributed by atoms with Crippen molar-refractivity contribution in [3.63, 3.8) is 0 Å². The van der Waals surface area contributed by atoms with Crippen LogP contribution in [0.4, 0.5) is 30.7 Å². The highest BCUT2D eigenvalue weighted by atomic mass is 19.4. The predicted octanol–water partition coefficient (Wildman–Crippen LogP) is 3.98. The van der Waals surface area contributed by atoms with Crippen molar-refractivity contribution in [2.75, 3.05) is 13.2 Å². The van der Waals surface area contributed by atoms with Crippen LogP contribution in [0.25, 0.3) is 0 Å². The fourth-order valence-corrected chi connectivity index (χ4v) is 4.73. The number of amides is 2. The number of carbonyl (C=O) groups is 2. The first-order valence-corrected chi connectivity index (χ1v) is 11.5. The fourth-order valence-electron chi connectivity index (χ4n) is 4.73. The van der Waals surface area contributed by atoms with Gasteiger partial charge < -0.3 is 15.0 Å². The maximum absolute atomic E-state index is 14.8. The predicted molar refractivity (Wildman–Crippen MR) is 115 cm³/mol. The number of hydrogen-bond donors (Lipinski definition) is 1. The number of carbonyl (C=O) groups excluding carboxylic acids is 2. The van der Waals surface area contributed by atoms with Crippen LogP contribution >= 0.6 is 0 Å². The molecule has 0 unspecified atom stereocenters. The SMILES string of the molecule is O=C(N[C@@H](c1ccc(C(F)(F)F)cc1F)C1COC1)[C@H]1C[C@H]2C#C[C@H]2N1C(=O)c1cc(C(F)(F)F)ccn1. The minimum atomic E-state index is -4.76. The number of hydrogen-bond acceptors (Lipinski definition) is 4. The van der Waals surface area contributed by atoms with Crippen molar-refractivity contribution < 1.29 is 45.1 Å². The number of halogens is 7. The highest BCUT2D eigenvalue weighted by molar-refractivity contribution is 5.97. The maximum atomic E-state index is 14.8. The van der Waals surface area contributed by atoms with E-state index in [1.54, 1.807) is 0 Å². The van der Waals surface area contributed by atoms with Crippen molar-refractivity contribution in [1.82, 2.24) is 15.2 Å². The number of aromatic nitrogens is 1. The molecule has 1 aliphatic carbocycles. The van der Waals surface area contributed by atoms with Crippen molar-refractivity contribution in [1.29, 1.82) is 0 Å². The monoisotopic (exact) mass is 541 g/mol. The van der Waals surface area contributed by atoms with Gasteiger partial charge in [-0.15, -0.1) is 0 Å². The number of nitrogens with zero attached hydrogens (tertiary/aromatic N) is 2. The molecule has 1 N–H and O–H groups in total. The summed E-state index contributed by atoms with van der Waals surface area (Å²) in [6.45, 7) is 0.225. The lowest BCUT2D eigenvalue weighted by molar-refractivity contribution is -0.138. The Morgan fingerprint density at radius 3 is 2.26 bits per heavy atom. The van der Waals surface area contributed by atoms with Crippen LogP contribution in [-0.2, 0) is 21.9 Å². The Balaban J connectivity index is 1.41. The largest absolute Gasteiger partial charge is 0.416 e. The van der Waals surface area contributed by atoms with Crippen LogP contribution in [0.3, 0.4) is 0 Å². The highest BCUT2D eigenvalue weighted by Gasteiger charge is 2.50. The number of ether oxygens (including phenoxy) is 1. The molecule has 1 aromatic carbocycles. The van der Waals surface area contributed by atoms with Crippen LogP contribution in [0.15, 0.2) is 36.5 Å². The van der Waals surface area contributed by atoms with Gasteiger partial charge in [-0.1, -0.05) is 17.9 Å². The minimum absolute atomic E-state index is 0.0809. The van der Waals surface area contributed by atoms with E-state index in [1.165, 1.54) is 0 Å². The van der Waals surface area contributed by atoms with Crippen molar-refractivity contribution in [2.24, 2.45) is 11.8 Å². The normalized spacial score (nSPS) is 23.4. The summed E-state index contributed by atoms with van der Waals surface area (Å²) in [5.41, 5.74) is -2.99. The van der Waals surface area contributed by atoms with Crippen LogP contribution < -0.4 is 5.32 Å². The van der Waals surface area contributed by atoms with E-state index in [9.17, 15) is 40.3 Å². The van der Waals surface area contributed by atoms with E-state index in [0.717, 1.165) is 17.2 Å². The molecule has 4 atom stereocenters. The molecule has 0 radical (unpaired) electrons. The molecular formula is C25H18F7N3O3. The lowest BCUT2D eigenvalue weighted by atomic mass is 9.89. The number of rotatable bonds is 5. The van der Waals surface area contributed by atoms with Gasteiger partial charge in [0.05, 0.1) is 36.3 Å². The second kappa shape index (κ2) is 9.27. The van der Waals surface area contributed by atoms with Crippen molar-refractivity contribution in [2.45, 2.75) is 36.9 Å². The van der Waals surface area contributed by atoms with Gasteiger partial charge in [0.15, 0.2) is 0 Å². The quantitative estimate of drug-likeness (QED) is 0.460. The smallest absolute Gasteiger partial charge is 0.381 e. The molecule has 1 aromatic heterocycles. The Labute approximate surface area is 211 Å².